The summed E-state index contributed by atoms with van der Waals surface area (Å²) in [5, 5.41) is 6.03. The van der Waals surface area contributed by atoms with Gasteiger partial charge in [-0.05, 0) is 68.3 Å². The van der Waals surface area contributed by atoms with Gasteiger partial charge in [-0.15, -0.1) is 0 Å². The van der Waals surface area contributed by atoms with Gasteiger partial charge < -0.3 is 21.3 Å². The molecule has 0 spiro atoms. The number of nitrogens with one attached hydrogen (secondary N) is 2. The third-order valence-corrected chi connectivity index (χ3v) is 4.55. The first kappa shape index (κ1) is 17.8. The van der Waals surface area contributed by atoms with Gasteiger partial charge in [0.1, 0.15) is 6.04 Å². The second-order valence-corrected chi connectivity index (χ2v) is 6.54. The Balaban J connectivity index is 1.55. The number of carbonyl (C=O) groups is 2. The highest BCUT2D eigenvalue weighted by Crippen LogP contribution is 2.22. The van der Waals surface area contributed by atoms with Crippen molar-refractivity contribution in [1.29, 1.82) is 0 Å². The molecule has 6 nitrogen and oxygen atoms in total. The molecule has 0 aromatic heterocycles. The van der Waals surface area contributed by atoms with Gasteiger partial charge in [0, 0.05) is 35.7 Å². The number of hydrogen-bond donors (Lipinski definition) is 3. The summed E-state index contributed by atoms with van der Waals surface area (Å²) < 4.78 is 0. The van der Waals surface area contributed by atoms with Gasteiger partial charge >= 0.3 is 0 Å². The van der Waals surface area contributed by atoms with Crippen molar-refractivity contribution in [3.63, 3.8) is 0 Å². The maximum Gasteiger partial charge on any atom is 0.248 e. The molecule has 2 aromatic carbocycles. The van der Waals surface area contributed by atoms with E-state index in [1.54, 1.807) is 24.3 Å². The number of nitrogens with zero attached hydrogens (tertiary/aromatic N) is 1. The summed E-state index contributed by atoms with van der Waals surface area (Å²) in [7, 11) is 0. The standard InChI is InChI=1S/C20H24N4O2/c1-14(20(26)23-17-6-4-15(5-7-17)19(21)25)22-16-8-10-18(11-9-16)24-12-2-3-13-24/h4-11,14,22H,2-3,12-13H2,1H3,(H2,21,25)(H,23,26)/t14-/m0/s1. The van der Waals surface area contributed by atoms with E-state index in [4.69, 9.17) is 5.73 Å². The lowest BCUT2D eigenvalue weighted by atomic mass is 10.2. The zero-order valence-corrected chi connectivity index (χ0v) is 14.9. The molecule has 0 unspecified atom stereocenters. The number of nitrogens with two attached hydrogens (primary N) is 1. The van der Waals surface area contributed by atoms with E-state index in [9.17, 15) is 9.59 Å². The minimum absolute atomic E-state index is 0.152. The van der Waals surface area contributed by atoms with E-state index in [0.717, 1.165) is 18.8 Å². The molecule has 0 radical (unpaired) electrons. The van der Waals surface area contributed by atoms with Crippen LogP contribution in [0, 0.1) is 0 Å². The smallest absolute Gasteiger partial charge is 0.248 e. The first-order chi connectivity index (χ1) is 12.5. The Bertz CT molecular complexity index is 765. The molecule has 1 aliphatic heterocycles. The van der Waals surface area contributed by atoms with Gasteiger partial charge in [0.2, 0.25) is 11.8 Å². The summed E-state index contributed by atoms with van der Waals surface area (Å²) in [6.07, 6.45) is 2.50. The fourth-order valence-corrected chi connectivity index (χ4v) is 3.03. The van der Waals surface area contributed by atoms with Crippen molar-refractivity contribution in [3.8, 4) is 0 Å². The molecule has 1 saturated heterocycles. The fraction of sp³-hybridized carbons (Fsp3) is 0.300. The molecule has 0 aliphatic carbocycles. The van der Waals surface area contributed by atoms with Crippen molar-refractivity contribution in [3.05, 3.63) is 54.1 Å². The molecule has 4 N–H and O–H groups in total. The van der Waals surface area contributed by atoms with Crippen molar-refractivity contribution in [2.45, 2.75) is 25.8 Å². The number of benzene rings is 2. The molecule has 6 heteroatoms. The highest BCUT2D eigenvalue weighted by atomic mass is 16.2. The molecule has 1 atom stereocenters. The number of hydrogen-bond acceptors (Lipinski definition) is 4. The van der Waals surface area contributed by atoms with Crippen LogP contribution in [0.5, 0.6) is 0 Å². The molecule has 1 fully saturated rings. The van der Waals surface area contributed by atoms with Gasteiger partial charge in [0.25, 0.3) is 0 Å². The van der Waals surface area contributed by atoms with Crippen molar-refractivity contribution in [2.75, 3.05) is 28.6 Å². The van der Waals surface area contributed by atoms with E-state index in [-0.39, 0.29) is 5.91 Å². The molecule has 136 valence electrons. The van der Waals surface area contributed by atoms with Gasteiger partial charge in [-0.1, -0.05) is 0 Å². The minimum atomic E-state index is -0.490. The van der Waals surface area contributed by atoms with Crippen LogP contribution in [0.3, 0.4) is 0 Å². The number of anilines is 3. The van der Waals surface area contributed by atoms with Crippen LogP contribution in [0.25, 0.3) is 0 Å². The summed E-state index contributed by atoms with van der Waals surface area (Å²) >= 11 is 0. The molecule has 1 heterocycles. The van der Waals surface area contributed by atoms with Crippen molar-refractivity contribution < 1.29 is 9.59 Å². The maximum atomic E-state index is 12.3. The SMILES string of the molecule is C[C@H](Nc1ccc(N2CCCC2)cc1)C(=O)Nc1ccc(C(N)=O)cc1. The van der Waals surface area contributed by atoms with Gasteiger partial charge in [0.05, 0.1) is 0 Å². The Morgan fingerprint density at radius 2 is 1.54 bits per heavy atom. The third-order valence-electron chi connectivity index (χ3n) is 4.55. The van der Waals surface area contributed by atoms with E-state index < -0.39 is 11.9 Å². The van der Waals surface area contributed by atoms with E-state index in [1.807, 2.05) is 19.1 Å². The average molecular weight is 352 g/mol. The molecular weight excluding hydrogens is 328 g/mol. The minimum Gasteiger partial charge on any atom is -0.374 e. The number of carbonyl (C=O) groups excluding carboxylic acids is 2. The van der Waals surface area contributed by atoms with Gasteiger partial charge in [0.15, 0.2) is 0 Å². The zero-order chi connectivity index (χ0) is 18.5. The second-order valence-electron chi connectivity index (χ2n) is 6.54. The lowest BCUT2D eigenvalue weighted by Crippen LogP contribution is -2.31. The van der Waals surface area contributed by atoms with Crippen LogP contribution in [-0.4, -0.2) is 30.9 Å². The highest BCUT2D eigenvalue weighted by molar-refractivity contribution is 5.97. The average Bonchev–Trinajstić information content (AvgIpc) is 3.17. The summed E-state index contributed by atoms with van der Waals surface area (Å²) in [6.45, 7) is 4.03. The Hall–Kier alpha value is -3.02. The highest BCUT2D eigenvalue weighted by Gasteiger charge is 2.15. The van der Waals surface area contributed by atoms with Crippen molar-refractivity contribution >= 4 is 28.9 Å². The predicted octanol–water partition coefficient (Wildman–Crippen LogP) is 2.82. The number of primary amides is 1. The Morgan fingerprint density at radius 1 is 0.962 bits per heavy atom. The van der Waals surface area contributed by atoms with Gasteiger partial charge in [-0.2, -0.15) is 0 Å². The molecule has 0 bridgehead atoms. The van der Waals surface area contributed by atoms with E-state index in [1.165, 1.54) is 18.5 Å². The largest absolute Gasteiger partial charge is 0.374 e. The van der Waals surface area contributed by atoms with E-state index >= 15 is 0 Å². The van der Waals surface area contributed by atoms with Crippen LogP contribution in [-0.2, 0) is 4.79 Å². The first-order valence-corrected chi connectivity index (χ1v) is 8.85. The van der Waals surface area contributed by atoms with Crippen LogP contribution in [0.2, 0.25) is 0 Å². The Labute approximate surface area is 153 Å². The van der Waals surface area contributed by atoms with Crippen molar-refractivity contribution in [2.24, 2.45) is 5.73 Å². The number of rotatable bonds is 6. The summed E-state index contributed by atoms with van der Waals surface area (Å²) in [5.41, 5.74) is 8.37. The van der Waals surface area contributed by atoms with Crippen LogP contribution in [0.1, 0.15) is 30.1 Å². The molecular formula is C20H24N4O2. The maximum absolute atomic E-state index is 12.3. The molecule has 2 aromatic rings. The third kappa shape index (κ3) is 4.33. The van der Waals surface area contributed by atoms with E-state index in [0.29, 0.717) is 11.3 Å². The van der Waals surface area contributed by atoms with Gasteiger partial charge in [-0.3, -0.25) is 9.59 Å². The quantitative estimate of drug-likeness (QED) is 0.746. The molecule has 3 rings (SSSR count). The van der Waals surface area contributed by atoms with Gasteiger partial charge in [-0.25, -0.2) is 0 Å². The molecule has 26 heavy (non-hydrogen) atoms. The Kier molecular flexibility index (Phi) is 5.41. The monoisotopic (exact) mass is 352 g/mol. The summed E-state index contributed by atoms with van der Waals surface area (Å²) in [6, 6.07) is 14.3. The zero-order valence-electron chi connectivity index (χ0n) is 14.9. The molecule has 2 amide bonds. The molecule has 0 saturated carbocycles. The summed E-state index contributed by atoms with van der Waals surface area (Å²) in [4.78, 5) is 25.8. The van der Waals surface area contributed by atoms with Crippen LogP contribution < -0.4 is 21.3 Å². The first-order valence-electron chi connectivity index (χ1n) is 8.85. The van der Waals surface area contributed by atoms with Crippen LogP contribution in [0.4, 0.5) is 17.1 Å². The predicted molar refractivity (Wildman–Crippen MR) is 105 cm³/mol. The van der Waals surface area contributed by atoms with Crippen molar-refractivity contribution in [1.82, 2.24) is 0 Å². The Morgan fingerprint density at radius 3 is 2.12 bits per heavy atom. The normalized spacial score (nSPS) is 14.7. The van der Waals surface area contributed by atoms with Crippen LogP contribution in [0.15, 0.2) is 48.5 Å². The topological polar surface area (TPSA) is 87.5 Å². The number of amides is 2. The van der Waals surface area contributed by atoms with E-state index in [2.05, 4.69) is 27.7 Å². The second kappa shape index (κ2) is 7.91. The lowest BCUT2D eigenvalue weighted by molar-refractivity contribution is -0.116. The fourth-order valence-electron chi connectivity index (χ4n) is 3.03. The lowest BCUT2D eigenvalue weighted by Gasteiger charge is -2.19. The summed E-state index contributed by atoms with van der Waals surface area (Å²) in [5.74, 6) is -0.643. The molecule has 1 aliphatic rings. The van der Waals surface area contributed by atoms with Crippen LogP contribution >= 0.6 is 0 Å².